The monoisotopic (exact) mass is 227 g/mol. The molecule has 0 saturated heterocycles. The molecular weight excluding hydrogens is 214 g/mol. The number of aromatic amines is 1. The second-order valence-electron chi connectivity index (χ2n) is 3.02. The van der Waals surface area contributed by atoms with Crippen LogP contribution in [-0.2, 0) is 9.53 Å². The molecule has 0 fully saturated rings. The van der Waals surface area contributed by atoms with E-state index < -0.39 is 11.5 Å². The Kier molecular flexibility index (Phi) is 3.87. The molecule has 1 aromatic heterocycles. The van der Waals surface area contributed by atoms with Crippen LogP contribution in [0, 0.1) is 0 Å². The minimum absolute atomic E-state index is 0.0106. The van der Waals surface area contributed by atoms with Crippen LogP contribution in [0.1, 0.15) is 0 Å². The van der Waals surface area contributed by atoms with E-state index in [1.807, 2.05) is 0 Å². The van der Waals surface area contributed by atoms with E-state index in [1.54, 1.807) is 7.05 Å². The number of anilines is 1. The lowest BCUT2D eigenvalue weighted by Gasteiger charge is -2.17. The first-order chi connectivity index (χ1) is 7.60. The second-order valence-corrected chi connectivity index (χ2v) is 3.02. The molecule has 0 aliphatic carbocycles. The van der Waals surface area contributed by atoms with Crippen molar-refractivity contribution in [1.82, 2.24) is 9.97 Å². The van der Waals surface area contributed by atoms with Crippen LogP contribution >= 0.6 is 0 Å². The van der Waals surface area contributed by atoms with Crippen LogP contribution in [0.15, 0.2) is 11.1 Å². The maximum Gasteiger partial charge on any atom is 0.325 e. The van der Waals surface area contributed by atoms with Gasteiger partial charge < -0.3 is 19.4 Å². The number of H-pyrrole nitrogens is 1. The van der Waals surface area contributed by atoms with Crippen molar-refractivity contribution in [3.63, 3.8) is 0 Å². The molecule has 0 unspecified atom stereocenters. The third-order valence-electron chi connectivity index (χ3n) is 1.95. The van der Waals surface area contributed by atoms with Gasteiger partial charge in [-0.3, -0.25) is 9.59 Å². The van der Waals surface area contributed by atoms with Gasteiger partial charge in [0.1, 0.15) is 6.54 Å². The van der Waals surface area contributed by atoms with E-state index in [4.69, 9.17) is 4.74 Å². The summed E-state index contributed by atoms with van der Waals surface area (Å²) in [4.78, 5) is 30.2. The van der Waals surface area contributed by atoms with Gasteiger partial charge in [0.25, 0.3) is 5.56 Å². The molecule has 7 nitrogen and oxygen atoms in total. The molecule has 1 N–H and O–H groups in total. The highest BCUT2D eigenvalue weighted by Crippen LogP contribution is 2.18. The largest absolute Gasteiger partial charge is 0.489 e. The fourth-order valence-corrected chi connectivity index (χ4v) is 1.17. The third-order valence-corrected chi connectivity index (χ3v) is 1.95. The van der Waals surface area contributed by atoms with Crippen molar-refractivity contribution in [2.24, 2.45) is 0 Å². The molecule has 0 bridgehead atoms. The average molecular weight is 227 g/mol. The number of methoxy groups -OCH3 is 2. The number of hydrogen-bond acceptors (Lipinski definition) is 6. The predicted octanol–water partition coefficient (Wildman–Crippen LogP) is -0.612. The van der Waals surface area contributed by atoms with Crippen molar-refractivity contribution >= 4 is 11.8 Å². The zero-order valence-electron chi connectivity index (χ0n) is 9.31. The number of nitrogens with one attached hydrogen (secondary N) is 1. The summed E-state index contributed by atoms with van der Waals surface area (Å²) in [7, 11) is 4.27. The molecule has 0 amide bonds. The summed E-state index contributed by atoms with van der Waals surface area (Å²) in [6.07, 6.45) is 1.24. The Morgan fingerprint density at radius 2 is 2.25 bits per heavy atom. The number of rotatable bonds is 4. The van der Waals surface area contributed by atoms with E-state index in [0.717, 1.165) is 0 Å². The van der Waals surface area contributed by atoms with Gasteiger partial charge in [0.2, 0.25) is 5.75 Å². The quantitative estimate of drug-likeness (QED) is 0.690. The smallest absolute Gasteiger partial charge is 0.325 e. The third kappa shape index (κ3) is 2.50. The van der Waals surface area contributed by atoms with Crippen LogP contribution in [0.4, 0.5) is 5.82 Å². The molecular formula is C9H13N3O4. The summed E-state index contributed by atoms with van der Waals surface area (Å²) in [5.41, 5.74) is -0.399. The van der Waals surface area contributed by atoms with Crippen molar-refractivity contribution in [3.8, 4) is 5.75 Å². The molecule has 0 atom stereocenters. The van der Waals surface area contributed by atoms with Crippen LogP contribution in [0.5, 0.6) is 5.75 Å². The van der Waals surface area contributed by atoms with Crippen LogP contribution in [0.25, 0.3) is 0 Å². The Hall–Kier alpha value is -2.05. The van der Waals surface area contributed by atoms with Gasteiger partial charge in [0.05, 0.1) is 20.5 Å². The highest BCUT2D eigenvalue weighted by molar-refractivity contribution is 5.75. The minimum atomic E-state index is -0.424. The van der Waals surface area contributed by atoms with E-state index in [2.05, 4.69) is 14.7 Å². The zero-order chi connectivity index (χ0) is 12.1. The summed E-state index contributed by atoms with van der Waals surface area (Å²) in [6.45, 7) is -0.0106. The number of ether oxygens (including phenoxy) is 2. The molecule has 0 saturated carbocycles. The van der Waals surface area contributed by atoms with Gasteiger partial charge in [-0.1, -0.05) is 0 Å². The molecule has 1 heterocycles. The molecule has 0 spiro atoms. The van der Waals surface area contributed by atoms with Gasteiger partial charge in [0.15, 0.2) is 5.82 Å². The van der Waals surface area contributed by atoms with Gasteiger partial charge in [-0.2, -0.15) is 0 Å². The number of aromatic nitrogens is 2. The predicted molar refractivity (Wildman–Crippen MR) is 56.7 cm³/mol. The van der Waals surface area contributed by atoms with Gasteiger partial charge in [-0.15, -0.1) is 0 Å². The van der Waals surface area contributed by atoms with Crippen LogP contribution in [0.2, 0.25) is 0 Å². The maximum atomic E-state index is 11.4. The van der Waals surface area contributed by atoms with Crippen molar-refractivity contribution in [1.29, 1.82) is 0 Å². The number of nitrogens with zero attached hydrogens (tertiary/aromatic N) is 2. The lowest BCUT2D eigenvalue weighted by molar-refractivity contribution is -0.138. The number of likely N-dealkylation sites (N-methyl/N-ethyl adjacent to an activating group) is 1. The van der Waals surface area contributed by atoms with Crippen molar-refractivity contribution in [2.45, 2.75) is 0 Å². The van der Waals surface area contributed by atoms with Crippen molar-refractivity contribution in [3.05, 3.63) is 16.7 Å². The Balaban J connectivity index is 2.99. The van der Waals surface area contributed by atoms with Crippen LogP contribution in [-0.4, -0.2) is 43.7 Å². The SMILES string of the molecule is COC(=O)CN(C)c1nc[nH]c(=O)c1OC. The lowest BCUT2D eigenvalue weighted by atomic mass is 10.4. The minimum Gasteiger partial charge on any atom is -0.489 e. The molecule has 0 radical (unpaired) electrons. The first-order valence-corrected chi connectivity index (χ1v) is 4.49. The van der Waals surface area contributed by atoms with Gasteiger partial charge in [0, 0.05) is 7.05 Å². The van der Waals surface area contributed by atoms with Crippen LogP contribution < -0.4 is 15.2 Å². The van der Waals surface area contributed by atoms with Gasteiger partial charge in [-0.25, -0.2) is 4.98 Å². The summed E-state index contributed by atoms with van der Waals surface area (Å²) in [6, 6.07) is 0. The van der Waals surface area contributed by atoms with Crippen LogP contribution in [0.3, 0.4) is 0 Å². The number of hydrogen-bond donors (Lipinski definition) is 1. The molecule has 1 aromatic rings. The molecule has 0 aliphatic heterocycles. The van der Waals surface area contributed by atoms with Gasteiger partial charge in [-0.05, 0) is 0 Å². The average Bonchev–Trinajstić information content (AvgIpc) is 2.28. The van der Waals surface area contributed by atoms with E-state index >= 15 is 0 Å². The molecule has 0 aliphatic rings. The number of carbonyl (C=O) groups excluding carboxylic acids is 1. The van der Waals surface area contributed by atoms with Gasteiger partial charge >= 0.3 is 5.97 Å². The summed E-state index contributed by atoms with van der Waals surface area (Å²) >= 11 is 0. The summed E-state index contributed by atoms with van der Waals surface area (Å²) in [5, 5.41) is 0. The maximum absolute atomic E-state index is 11.4. The summed E-state index contributed by atoms with van der Waals surface area (Å²) < 4.78 is 9.42. The molecule has 16 heavy (non-hydrogen) atoms. The highest BCUT2D eigenvalue weighted by atomic mass is 16.5. The highest BCUT2D eigenvalue weighted by Gasteiger charge is 2.15. The lowest BCUT2D eigenvalue weighted by Crippen LogP contribution is -2.29. The van der Waals surface area contributed by atoms with E-state index in [0.29, 0.717) is 0 Å². The number of carbonyl (C=O) groups is 1. The van der Waals surface area contributed by atoms with E-state index in [-0.39, 0.29) is 18.1 Å². The second kappa shape index (κ2) is 5.15. The number of esters is 1. The fourth-order valence-electron chi connectivity index (χ4n) is 1.17. The van der Waals surface area contributed by atoms with Crippen molar-refractivity contribution in [2.75, 3.05) is 32.7 Å². The molecule has 88 valence electrons. The Labute approximate surface area is 92.0 Å². The fraction of sp³-hybridized carbons (Fsp3) is 0.444. The standard InChI is InChI=1S/C9H13N3O4/c1-12(4-6(13)15-2)8-7(16-3)9(14)11-5-10-8/h5H,4H2,1-3H3,(H,10,11,14). The molecule has 1 rings (SSSR count). The zero-order valence-corrected chi connectivity index (χ0v) is 9.31. The Morgan fingerprint density at radius 3 is 2.81 bits per heavy atom. The van der Waals surface area contributed by atoms with E-state index in [1.165, 1.54) is 25.4 Å². The molecule has 7 heteroatoms. The van der Waals surface area contributed by atoms with E-state index in [9.17, 15) is 9.59 Å². The summed E-state index contributed by atoms with van der Waals surface area (Å²) in [5.74, 6) is -0.0720. The first kappa shape index (κ1) is 12.0. The first-order valence-electron chi connectivity index (χ1n) is 4.49. The topological polar surface area (TPSA) is 84.5 Å². The Morgan fingerprint density at radius 1 is 1.56 bits per heavy atom. The van der Waals surface area contributed by atoms with Crippen molar-refractivity contribution < 1.29 is 14.3 Å². The normalized spacial score (nSPS) is 9.69. The Bertz CT molecular complexity index is 429. The molecule has 0 aromatic carbocycles.